The van der Waals surface area contributed by atoms with Crippen LogP contribution in [0.25, 0.3) is 0 Å². The summed E-state index contributed by atoms with van der Waals surface area (Å²) < 4.78 is 9.76. The third-order valence-corrected chi connectivity index (χ3v) is 3.13. The van der Waals surface area contributed by atoms with Gasteiger partial charge in [0.15, 0.2) is 0 Å². The number of halogens is 1. The largest absolute Gasteiger partial charge is 2.00 e. The van der Waals surface area contributed by atoms with Crippen LogP contribution >= 0.6 is 0 Å². The van der Waals surface area contributed by atoms with E-state index in [2.05, 4.69) is 0 Å². The summed E-state index contributed by atoms with van der Waals surface area (Å²) in [5.41, 5.74) is 0. The van der Waals surface area contributed by atoms with Crippen molar-refractivity contribution >= 4 is 35.0 Å². The normalized spacial score (nSPS) is 11.8. The van der Waals surface area contributed by atoms with E-state index in [4.69, 9.17) is 9.47 Å². The van der Waals surface area contributed by atoms with Gasteiger partial charge in [-0.3, -0.25) is 9.59 Å². The van der Waals surface area contributed by atoms with Crippen LogP contribution in [0.15, 0.2) is 0 Å². The van der Waals surface area contributed by atoms with Crippen molar-refractivity contribution in [2.24, 2.45) is 0 Å². The van der Waals surface area contributed by atoms with Crippen LogP contribution in [0, 0.1) is 0 Å². The van der Waals surface area contributed by atoms with Gasteiger partial charge in [0.25, 0.3) is 11.9 Å². The zero-order chi connectivity index (χ0) is 15.7. The standard InChI is InChI=1S/C14H24O6.CH4.BrH.Mg.Zn/c1-5-9(6-2)19-13(17)11(15)12(16)14(18)20-10(7-3)8-4;;;;/h9-12H,5-8H2,1-4H3;1H4;1H;;/q-2;;;+2;/p-1/t11-,12-;;;;/m0..../s1. The zero-order valence-corrected chi connectivity index (χ0v) is 20.3. The Kier molecular flexibility index (Phi) is 29.9. The molecule has 0 aromatic rings. The topological polar surface area (TPSA) is 98.7 Å². The molecule has 0 unspecified atom stereocenters. The number of carbonyl (C=O) groups excluding carboxylic acids is 2. The van der Waals surface area contributed by atoms with Crippen LogP contribution in [0.5, 0.6) is 0 Å². The van der Waals surface area contributed by atoms with Gasteiger partial charge in [0.2, 0.25) is 0 Å². The maximum atomic E-state index is 11.6. The predicted octanol–water partition coefficient (Wildman–Crippen LogP) is -2.84. The Balaban J connectivity index is -0.000000301. The number of hydrogen-bond acceptors (Lipinski definition) is 6. The quantitative estimate of drug-likeness (QED) is 0.264. The Morgan fingerprint density at radius 2 is 1.00 bits per heavy atom. The third kappa shape index (κ3) is 13.0. The Hall–Kier alpha value is 0.730. The van der Waals surface area contributed by atoms with E-state index in [1.165, 1.54) is 0 Å². The first-order valence-corrected chi connectivity index (χ1v) is 7.13. The Bertz CT molecular complexity index is 284. The van der Waals surface area contributed by atoms with Crippen LogP contribution in [0.2, 0.25) is 0 Å². The molecule has 0 fully saturated rings. The van der Waals surface area contributed by atoms with Gasteiger partial charge in [-0.15, -0.1) is 0 Å². The maximum absolute atomic E-state index is 11.6. The van der Waals surface area contributed by atoms with E-state index in [-0.39, 0.29) is 66.9 Å². The fraction of sp³-hybridized carbons (Fsp3) is 0.867. The Morgan fingerprint density at radius 3 is 1.17 bits per heavy atom. The molecule has 0 saturated carbocycles. The fourth-order valence-corrected chi connectivity index (χ4v) is 1.62. The first-order valence-electron chi connectivity index (χ1n) is 7.13. The number of ether oxygens (including phenoxy) is 2. The predicted molar refractivity (Wildman–Crippen MR) is 81.0 cm³/mol. The Labute approximate surface area is 185 Å². The molecule has 24 heavy (non-hydrogen) atoms. The smallest absolute Gasteiger partial charge is 1.00 e. The van der Waals surface area contributed by atoms with Crippen LogP contribution in [0.4, 0.5) is 0 Å². The number of rotatable bonds is 9. The molecule has 0 rings (SSSR count). The van der Waals surface area contributed by atoms with Crippen molar-refractivity contribution < 1.29 is 65.7 Å². The van der Waals surface area contributed by atoms with Gasteiger partial charge in [0, 0.05) is 19.5 Å². The molecule has 6 nitrogen and oxygen atoms in total. The first kappa shape index (κ1) is 35.8. The summed E-state index contributed by atoms with van der Waals surface area (Å²) >= 11 is 0. The van der Waals surface area contributed by atoms with Crippen LogP contribution in [0.1, 0.15) is 60.8 Å². The molecule has 0 aliphatic carbocycles. The van der Waals surface area contributed by atoms with Crippen molar-refractivity contribution in [3.8, 4) is 0 Å². The first-order chi connectivity index (χ1) is 9.40. The molecule has 0 heterocycles. The number of hydrogen-bond donors (Lipinski definition) is 0. The number of esters is 2. The average molecular weight is 474 g/mol. The molecule has 0 amide bonds. The summed E-state index contributed by atoms with van der Waals surface area (Å²) in [4.78, 5) is 23.0. The number of carbonyl (C=O) groups is 2. The van der Waals surface area contributed by atoms with Gasteiger partial charge >= 0.3 is 23.1 Å². The van der Waals surface area contributed by atoms with Crippen molar-refractivity contribution in [3.05, 3.63) is 0 Å². The second-order valence-electron chi connectivity index (χ2n) is 4.59. The summed E-state index contributed by atoms with van der Waals surface area (Å²) in [6.07, 6.45) is -3.15. The second kappa shape index (κ2) is 20.0. The molecule has 0 aliphatic rings. The second-order valence-corrected chi connectivity index (χ2v) is 4.59. The van der Waals surface area contributed by atoms with Gasteiger partial charge in [-0.05, 0) is 37.9 Å². The molecule has 136 valence electrons. The van der Waals surface area contributed by atoms with Gasteiger partial charge in [0.1, 0.15) is 12.2 Å². The van der Waals surface area contributed by atoms with Crippen LogP contribution in [0.3, 0.4) is 0 Å². The molecule has 0 bridgehead atoms. The van der Waals surface area contributed by atoms with Crippen LogP contribution in [-0.4, -0.2) is 59.4 Å². The molecule has 0 spiro atoms. The summed E-state index contributed by atoms with van der Waals surface area (Å²) in [5.74, 6) is -2.36. The third-order valence-electron chi connectivity index (χ3n) is 3.13. The van der Waals surface area contributed by atoms with Gasteiger partial charge in [-0.1, -0.05) is 35.1 Å². The summed E-state index contributed by atoms with van der Waals surface area (Å²) in [7, 11) is 0. The molecule has 0 aromatic carbocycles. The molecule has 0 saturated heterocycles. The van der Waals surface area contributed by atoms with Crippen molar-refractivity contribution in [2.75, 3.05) is 0 Å². The monoisotopic (exact) mass is 471 g/mol. The van der Waals surface area contributed by atoms with Crippen molar-refractivity contribution in [1.82, 2.24) is 0 Å². The van der Waals surface area contributed by atoms with Crippen LogP contribution in [-0.2, 0) is 38.5 Å². The molecule has 0 aromatic heterocycles. The summed E-state index contributed by atoms with van der Waals surface area (Å²) in [6, 6.07) is 0. The molecule has 0 radical (unpaired) electrons. The van der Waals surface area contributed by atoms with E-state index in [0.717, 1.165) is 0 Å². The van der Waals surface area contributed by atoms with Gasteiger partial charge in [0.05, 0.1) is 0 Å². The zero-order valence-electron chi connectivity index (χ0n) is 14.4. The van der Waals surface area contributed by atoms with Gasteiger partial charge in [-0.25, -0.2) is 0 Å². The van der Waals surface area contributed by atoms with Gasteiger partial charge < -0.3 is 36.7 Å². The van der Waals surface area contributed by atoms with Crippen molar-refractivity contribution in [2.45, 2.75) is 85.2 Å². The molecule has 0 aliphatic heterocycles. The van der Waals surface area contributed by atoms with Crippen molar-refractivity contribution in [3.63, 3.8) is 0 Å². The van der Waals surface area contributed by atoms with Crippen LogP contribution < -0.4 is 27.2 Å². The van der Waals surface area contributed by atoms with E-state index in [1.807, 2.05) is 0 Å². The van der Waals surface area contributed by atoms with E-state index >= 15 is 0 Å². The minimum absolute atomic E-state index is 0. The van der Waals surface area contributed by atoms with E-state index < -0.39 is 36.4 Å². The van der Waals surface area contributed by atoms with Gasteiger partial charge in [-0.2, -0.15) is 0 Å². The summed E-state index contributed by atoms with van der Waals surface area (Å²) in [5, 5.41) is 23.2. The maximum Gasteiger partial charge on any atom is 2.00 e. The molecule has 9 heteroatoms. The molecular formula is C15H28BrMgO6Zn-. The minimum atomic E-state index is -2.28. The van der Waals surface area contributed by atoms with E-state index in [0.29, 0.717) is 25.7 Å². The van der Waals surface area contributed by atoms with Crippen molar-refractivity contribution in [1.29, 1.82) is 0 Å². The van der Waals surface area contributed by atoms with E-state index in [1.54, 1.807) is 27.7 Å². The SMILES string of the molecule is C.CCC(CC)OC(=O)[C@@H]([O-])[C@H]([O-])C(=O)OC(CC)CC.[Br-].[Mg+2].[Zn]. The summed E-state index contributed by atoms with van der Waals surface area (Å²) in [6.45, 7) is 7.21. The fourth-order valence-electron chi connectivity index (χ4n) is 1.62. The van der Waals surface area contributed by atoms with E-state index in [9.17, 15) is 19.8 Å². The average Bonchev–Trinajstić information content (AvgIpc) is 2.47. The Morgan fingerprint density at radius 1 is 0.792 bits per heavy atom. The minimum Gasteiger partial charge on any atom is -1.00 e. The molecular weight excluding hydrogens is 446 g/mol. The molecule has 2 atom stereocenters. The molecule has 0 N–H and O–H groups in total.